The highest BCUT2D eigenvalue weighted by Crippen LogP contribution is 2.33. The van der Waals surface area contributed by atoms with Crippen LogP contribution in [0.1, 0.15) is 21.7 Å². The van der Waals surface area contributed by atoms with Gasteiger partial charge in [0.15, 0.2) is 11.5 Å². The maximum atomic E-state index is 13.3. The summed E-state index contributed by atoms with van der Waals surface area (Å²) in [6, 6.07) is 6.57. The van der Waals surface area contributed by atoms with Crippen LogP contribution in [0.3, 0.4) is 0 Å². The number of carbonyl (C=O) groups is 1. The van der Waals surface area contributed by atoms with E-state index in [9.17, 15) is 22.2 Å². The van der Waals surface area contributed by atoms with Gasteiger partial charge in [0.1, 0.15) is 16.7 Å². The minimum atomic E-state index is -4.82. The number of nitrogens with one attached hydrogen (secondary N) is 2. The molecule has 3 aromatic rings. The van der Waals surface area contributed by atoms with Gasteiger partial charge >= 0.3 is 6.18 Å². The van der Waals surface area contributed by atoms with E-state index in [-0.39, 0.29) is 21.4 Å². The highest BCUT2D eigenvalue weighted by molar-refractivity contribution is 9.10. The normalized spacial score (nSPS) is 12.6. The zero-order valence-corrected chi connectivity index (χ0v) is 18.7. The molecule has 4 N–H and O–H groups in total. The summed E-state index contributed by atoms with van der Waals surface area (Å²) >= 11 is 9.30. The van der Waals surface area contributed by atoms with Crippen LogP contribution in [-0.2, 0) is 17.2 Å². The van der Waals surface area contributed by atoms with Gasteiger partial charge in [-0.05, 0) is 52.7 Å². The summed E-state index contributed by atoms with van der Waals surface area (Å²) in [5.41, 5.74) is -1.04. The maximum absolute atomic E-state index is 13.3. The summed E-state index contributed by atoms with van der Waals surface area (Å²) in [5, 5.41) is 5.91. The summed E-state index contributed by atoms with van der Waals surface area (Å²) in [6.07, 6.45) is -3.52. The molecule has 0 spiro atoms. The Morgan fingerprint density at radius 1 is 1.32 bits per heavy atom. The number of alkyl halides is 3. The maximum Gasteiger partial charge on any atom is 0.435 e. The van der Waals surface area contributed by atoms with Crippen molar-refractivity contribution in [2.24, 2.45) is 5.84 Å². The van der Waals surface area contributed by atoms with Crippen molar-refractivity contribution >= 4 is 50.1 Å². The van der Waals surface area contributed by atoms with Crippen molar-refractivity contribution in [3.05, 3.63) is 63.0 Å². The Kier molecular flexibility index (Phi) is 6.81. The molecule has 1 aromatic carbocycles. The minimum absolute atomic E-state index is 0.0148. The predicted molar refractivity (Wildman–Crippen MR) is 112 cm³/mol. The van der Waals surface area contributed by atoms with Gasteiger partial charge in [-0.2, -0.15) is 23.1 Å². The largest absolute Gasteiger partial charge is 0.435 e. The molecule has 0 saturated carbocycles. The van der Waals surface area contributed by atoms with Crippen LogP contribution < -0.4 is 16.0 Å². The number of rotatable bonds is 5. The molecule has 0 aliphatic carbocycles. The number of aromatic nitrogens is 3. The van der Waals surface area contributed by atoms with Gasteiger partial charge in [0.25, 0.3) is 5.91 Å². The summed E-state index contributed by atoms with van der Waals surface area (Å²) in [4.78, 5) is 19.1. The Balaban J connectivity index is 2.12. The fraction of sp³-hybridized carbons (Fsp3) is 0.118. The number of pyridine rings is 1. The van der Waals surface area contributed by atoms with Crippen LogP contribution >= 0.6 is 27.5 Å². The molecule has 31 heavy (non-hydrogen) atoms. The Morgan fingerprint density at radius 2 is 2.03 bits per heavy atom. The van der Waals surface area contributed by atoms with Gasteiger partial charge in [-0.15, -0.1) is 0 Å². The zero-order chi connectivity index (χ0) is 22.9. The van der Waals surface area contributed by atoms with Gasteiger partial charge in [-0.1, -0.05) is 11.6 Å². The van der Waals surface area contributed by atoms with Gasteiger partial charge < -0.3 is 5.32 Å². The third-order valence-corrected chi connectivity index (χ3v) is 5.77. The van der Waals surface area contributed by atoms with Crippen LogP contribution in [0.4, 0.5) is 18.9 Å². The fourth-order valence-electron chi connectivity index (χ4n) is 2.59. The quantitative estimate of drug-likeness (QED) is 0.339. The molecule has 0 aliphatic heterocycles. The zero-order valence-electron chi connectivity index (χ0n) is 15.5. The number of anilines is 1. The predicted octanol–water partition coefficient (Wildman–Crippen LogP) is 3.75. The summed E-state index contributed by atoms with van der Waals surface area (Å²) in [6.45, 7) is 1.72. The molecule has 0 bridgehead atoms. The smallest absolute Gasteiger partial charge is 0.319 e. The molecule has 164 valence electrons. The Bertz CT molecular complexity index is 1190. The summed E-state index contributed by atoms with van der Waals surface area (Å²) < 4.78 is 53.1. The van der Waals surface area contributed by atoms with Crippen LogP contribution in [0, 0.1) is 6.92 Å². The van der Waals surface area contributed by atoms with Crippen molar-refractivity contribution in [2.75, 3.05) is 5.32 Å². The van der Waals surface area contributed by atoms with Crippen LogP contribution in [0.15, 0.2) is 45.9 Å². The first-order chi connectivity index (χ1) is 14.5. The van der Waals surface area contributed by atoms with E-state index in [1.54, 1.807) is 13.0 Å². The molecule has 0 saturated heterocycles. The van der Waals surface area contributed by atoms with Gasteiger partial charge in [-0.25, -0.2) is 13.9 Å². The van der Waals surface area contributed by atoms with E-state index >= 15 is 0 Å². The first kappa shape index (κ1) is 23.3. The lowest BCUT2D eigenvalue weighted by Gasteiger charge is -2.14. The molecule has 0 aliphatic rings. The molecule has 3 rings (SSSR count). The Labute approximate surface area is 189 Å². The third kappa shape index (κ3) is 4.96. The van der Waals surface area contributed by atoms with Crippen molar-refractivity contribution in [3.8, 4) is 5.82 Å². The minimum Gasteiger partial charge on any atom is -0.319 e. The molecule has 14 heteroatoms. The van der Waals surface area contributed by atoms with Crippen molar-refractivity contribution in [1.82, 2.24) is 19.6 Å². The van der Waals surface area contributed by atoms with Gasteiger partial charge in [0.2, 0.25) is 0 Å². The average Bonchev–Trinajstić information content (AvgIpc) is 3.15. The molecule has 8 nitrogen and oxygen atoms in total. The molecule has 2 aromatic heterocycles. The van der Waals surface area contributed by atoms with Gasteiger partial charge in [-0.3, -0.25) is 10.6 Å². The first-order valence-corrected chi connectivity index (χ1v) is 10.6. The highest BCUT2D eigenvalue weighted by atomic mass is 79.9. The third-order valence-electron chi connectivity index (χ3n) is 3.92. The van der Waals surface area contributed by atoms with Crippen molar-refractivity contribution in [3.63, 3.8) is 0 Å². The number of carbonyl (C=O) groups excluding carboxylic acids is 1. The SMILES string of the molecule is Cc1cc(Br)c(NC(=O)c2cc(C(F)(F)F)nn2-c2ncccc2Cl)c(S(=O)NN)c1. The summed E-state index contributed by atoms with van der Waals surface area (Å²) in [7, 11) is -1.90. The lowest BCUT2D eigenvalue weighted by molar-refractivity contribution is -0.141. The van der Waals surface area contributed by atoms with Crippen LogP contribution in [-0.4, -0.2) is 24.9 Å². The number of nitrogens with two attached hydrogens (primary N) is 1. The molecule has 2 heterocycles. The number of hydrogen-bond acceptors (Lipinski definition) is 5. The highest BCUT2D eigenvalue weighted by Gasteiger charge is 2.36. The van der Waals surface area contributed by atoms with Gasteiger partial charge in [0, 0.05) is 16.7 Å². The van der Waals surface area contributed by atoms with Crippen molar-refractivity contribution in [2.45, 2.75) is 18.0 Å². The van der Waals surface area contributed by atoms with Crippen molar-refractivity contribution < 1.29 is 22.2 Å². The molecule has 1 amide bonds. The van der Waals surface area contributed by atoms with E-state index in [4.69, 9.17) is 17.4 Å². The number of hydrogen-bond donors (Lipinski definition) is 3. The molecular formula is C17H13BrClF3N6O2S. The lowest BCUT2D eigenvalue weighted by atomic mass is 10.2. The van der Waals surface area contributed by atoms with E-state index in [0.29, 0.717) is 20.8 Å². The molecular weight excluding hydrogens is 525 g/mol. The van der Waals surface area contributed by atoms with E-state index in [0.717, 1.165) is 0 Å². The van der Waals surface area contributed by atoms with E-state index < -0.39 is 34.5 Å². The number of halogens is 5. The van der Waals surface area contributed by atoms with E-state index in [2.05, 4.69) is 36.2 Å². The molecule has 1 unspecified atom stereocenters. The van der Waals surface area contributed by atoms with E-state index in [1.807, 2.05) is 0 Å². The number of nitrogens with zero attached hydrogens (tertiary/aromatic N) is 3. The van der Waals surface area contributed by atoms with Crippen LogP contribution in [0.5, 0.6) is 0 Å². The van der Waals surface area contributed by atoms with Crippen molar-refractivity contribution in [1.29, 1.82) is 0 Å². The monoisotopic (exact) mass is 536 g/mol. The van der Waals surface area contributed by atoms with Crippen LogP contribution in [0.25, 0.3) is 5.82 Å². The molecule has 0 radical (unpaired) electrons. The second-order valence-corrected chi connectivity index (χ2v) is 8.57. The second kappa shape index (κ2) is 9.04. The summed E-state index contributed by atoms with van der Waals surface area (Å²) in [5.74, 6) is 4.11. The number of hydrazine groups is 1. The fourth-order valence-corrected chi connectivity index (χ4v) is 4.37. The number of aryl methyl sites for hydroxylation is 1. The number of amides is 1. The second-order valence-electron chi connectivity index (χ2n) is 6.09. The topological polar surface area (TPSA) is 115 Å². The Morgan fingerprint density at radius 3 is 2.65 bits per heavy atom. The van der Waals surface area contributed by atoms with Gasteiger partial charge in [0.05, 0.1) is 15.6 Å². The number of benzene rings is 1. The van der Waals surface area contributed by atoms with Crippen LogP contribution in [0.2, 0.25) is 5.02 Å². The van der Waals surface area contributed by atoms with E-state index in [1.165, 1.54) is 24.4 Å². The molecule has 1 atom stereocenters. The lowest BCUT2D eigenvalue weighted by Crippen LogP contribution is -2.26. The first-order valence-electron chi connectivity index (χ1n) is 8.30. The Hall–Kier alpha value is -2.32. The standard InChI is InChI=1S/C17H13BrClF3N6O2S/c1-8-5-9(18)14(12(6-8)31(30)27-23)25-16(29)11-7-13(17(20,21)22)26-28(11)15-10(19)3-2-4-24-15/h2-7,27H,23H2,1H3,(H,25,29). The average molecular weight is 538 g/mol. The molecule has 0 fully saturated rings.